The van der Waals surface area contributed by atoms with Crippen LogP contribution in [0.2, 0.25) is 0 Å². The van der Waals surface area contributed by atoms with Crippen molar-refractivity contribution in [2.24, 2.45) is 11.8 Å². The number of fused-ring (bicyclic) bond motifs is 1. The molecule has 1 spiro atoms. The Morgan fingerprint density at radius 2 is 1.95 bits per heavy atom. The van der Waals surface area contributed by atoms with Gasteiger partial charge in [-0.05, 0) is 24.8 Å². The average molecular weight is 568 g/mol. The number of likely N-dealkylation sites (tertiary alicyclic amines) is 1. The molecule has 1 aromatic carbocycles. The quantitative estimate of drug-likeness (QED) is 0.278. The molecule has 2 bridgehead atoms. The predicted molar refractivity (Wildman–Crippen MR) is 151 cm³/mol. The van der Waals surface area contributed by atoms with Crippen molar-refractivity contribution in [2.45, 2.75) is 43.1 Å². The van der Waals surface area contributed by atoms with Crippen LogP contribution in [0.25, 0.3) is 0 Å². The first-order chi connectivity index (χ1) is 19.9. The lowest BCUT2D eigenvalue weighted by molar-refractivity contribution is -0.155. The summed E-state index contributed by atoms with van der Waals surface area (Å²) in [5.74, 6) is -2.77. The summed E-state index contributed by atoms with van der Waals surface area (Å²) in [5, 5.41) is 10.6. The van der Waals surface area contributed by atoms with E-state index in [0.717, 1.165) is 18.7 Å². The highest BCUT2D eigenvalue weighted by atomic mass is 16.6. The Kier molecular flexibility index (Phi) is 9.23. The summed E-state index contributed by atoms with van der Waals surface area (Å²) in [6, 6.07) is 7.93. The van der Waals surface area contributed by atoms with E-state index in [1.54, 1.807) is 11.0 Å². The van der Waals surface area contributed by atoms with Crippen LogP contribution in [0.3, 0.4) is 0 Å². The maximum atomic E-state index is 14.6. The summed E-state index contributed by atoms with van der Waals surface area (Å²) in [6.45, 7) is 11.5. The van der Waals surface area contributed by atoms with E-state index >= 15 is 0 Å². The number of esters is 1. The molecule has 1 aromatic rings. The summed E-state index contributed by atoms with van der Waals surface area (Å²) >= 11 is 0. The number of hydrogen-bond donors (Lipinski definition) is 1. The van der Waals surface area contributed by atoms with Crippen molar-refractivity contribution in [3.63, 3.8) is 0 Å². The topological polar surface area (TPSA) is 109 Å². The molecule has 1 N–H and O–H groups in total. The number of benzene rings is 1. The number of carbonyl (C=O) groups excluding carboxylic acids is 3. The molecule has 4 saturated heterocycles. The van der Waals surface area contributed by atoms with Crippen LogP contribution in [0.5, 0.6) is 0 Å². The number of carbonyl (C=O) groups is 3. The molecule has 10 heteroatoms. The zero-order valence-electron chi connectivity index (χ0n) is 23.6. The van der Waals surface area contributed by atoms with Gasteiger partial charge in [0.15, 0.2) is 0 Å². The van der Waals surface area contributed by atoms with E-state index in [-0.39, 0.29) is 25.0 Å². The van der Waals surface area contributed by atoms with E-state index in [0.29, 0.717) is 52.1 Å². The van der Waals surface area contributed by atoms with Crippen LogP contribution >= 0.6 is 0 Å². The normalized spacial score (nSPS) is 29.7. The van der Waals surface area contributed by atoms with Crippen LogP contribution < -0.4 is 0 Å². The third kappa shape index (κ3) is 5.58. The monoisotopic (exact) mass is 567 g/mol. The molecule has 2 unspecified atom stereocenters. The van der Waals surface area contributed by atoms with E-state index in [1.807, 2.05) is 30.3 Å². The van der Waals surface area contributed by atoms with Crippen molar-refractivity contribution < 1.29 is 33.7 Å². The van der Waals surface area contributed by atoms with Crippen LogP contribution in [0.1, 0.15) is 18.4 Å². The summed E-state index contributed by atoms with van der Waals surface area (Å²) in [5.41, 5.74) is -0.235. The van der Waals surface area contributed by atoms with Gasteiger partial charge in [-0.3, -0.25) is 19.3 Å². The molecule has 2 amide bonds. The Morgan fingerprint density at radius 1 is 1.20 bits per heavy atom. The predicted octanol–water partition coefficient (Wildman–Crippen LogP) is 1.04. The lowest BCUT2D eigenvalue weighted by Crippen LogP contribution is -2.59. The van der Waals surface area contributed by atoms with Crippen LogP contribution in [-0.4, -0.2) is 121 Å². The van der Waals surface area contributed by atoms with Crippen LogP contribution in [-0.2, 0) is 35.0 Å². The molecule has 0 saturated carbocycles. The number of ether oxygens (including phenoxy) is 3. The smallest absolute Gasteiger partial charge is 0.312 e. The Balaban J connectivity index is 1.49. The van der Waals surface area contributed by atoms with Gasteiger partial charge in [0.2, 0.25) is 11.8 Å². The van der Waals surface area contributed by atoms with Crippen molar-refractivity contribution >= 4 is 17.8 Å². The molecule has 222 valence electrons. The highest BCUT2D eigenvalue weighted by Gasteiger charge is 2.75. The Bertz CT molecular complexity index is 1120. The molecule has 4 aliphatic heterocycles. The van der Waals surface area contributed by atoms with Crippen LogP contribution in [0, 0.1) is 11.8 Å². The van der Waals surface area contributed by atoms with Gasteiger partial charge in [0.25, 0.3) is 0 Å². The first-order valence-corrected chi connectivity index (χ1v) is 14.6. The molecule has 5 rings (SSSR count). The van der Waals surface area contributed by atoms with E-state index in [9.17, 15) is 19.5 Å². The average Bonchev–Trinajstić information content (AvgIpc) is 3.65. The van der Waals surface area contributed by atoms with Gasteiger partial charge >= 0.3 is 5.97 Å². The van der Waals surface area contributed by atoms with Gasteiger partial charge in [0, 0.05) is 32.7 Å². The number of hydrogen-bond acceptors (Lipinski definition) is 8. The Hall–Kier alpha value is -3.05. The maximum Gasteiger partial charge on any atom is 0.312 e. The van der Waals surface area contributed by atoms with Gasteiger partial charge in [0.05, 0.1) is 43.8 Å². The molecule has 6 atom stereocenters. The molecule has 0 aromatic heterocycles. The fraction of sp³-hybridized carbons (Fsp3) is 0.581. The van der Waals surface area contributed by atoms with Gasteiger partial charge in [-0.2, -0.15) is 0 Å². The second-order valence-electron chi connectivity index (χ2n) is 11.3. The Morgan fingerprint density at radius 3 is 2.63 bits per heavy atom. The second kappa shape index (κ2) is 12.9. The second-order valence-corrected chi connectivity index (χ2v) is 11.3. The zero-order valence-corrected chi connectivity index (χ0v) is 23.6. The first-order valence-electron chi connectivity index (χ1n) is 14.6. The highest BCUT2D eigenvalue weighted by molar-refractivity contribution is 5.98. The molecule has 4 heterocycles. The van der Waals surface area contributed by atoms with Crippen LogP contribution in [0.15, 0.2) is 55.6 Å². The van der Waals surface area contributed by atoms with Crippen molar-refractivity contribution in [3.05, 3.63) is 61.2 Å². The van der Waals surface area contributed by atoms with E-state index in [2.05, 4.69) is 18.1 Å². The molecule has 4 aliphatic rings. The van der Waals surface area contributed by atoms with Gasteiger partial charge in [-0.25, -0.2) is 0 Å². The first kappa shape index (κ1) is 29.4. The fourth-order valence-electron chi connectivity index (χ4n) is 7.11. The van der Waals surface area contributed by atoms with E-state index < -0.39 is 41.6 Å². The third-order valence-corrected chi connectivity index (χ3v) is 8.96. The molecule has 4 fully saturated rings. The van der Waals surface area contributed by atoms with Gasteiger partial charge in [-0.15, -0.1) is 6.58 Å². The summed E-state index contributed by atoms with van der Waals surface area (Å²) < 4.78 is 17.4. The van der Waals surface area contributed by atoms with E-state index in [4.69, 9.17) is 14.2 Å². The number of aliphatic hydroxyl groups is 1. The molecule has 0 radical (unpaired) electrons. The summed E-state index contributed by atoms with van der Waals surface area (Å²) in [6.07, 6.45) is 4.05. The molecular weight excluding hydrogens is 526 g/mol. The lowest BCUT2D eigenvalue weighted by atomic mass is 9.70. The third-order valence-electron chi connectivity index (χ3n) is 8.96. The minimum absolute atomic E-state index is 0.0317. The minimum Gasteiger partial charge on any atom is -0.461 e. The molecule has 41 heavy (non-hydrogen) atoms. The lowest BCUT2D eigenvalue weighted by Gasteiger charge is -2.40. The van der Waals surface area contributed by atoms with Gasteiger partial charge in [0.1, 0.15) is 18.2 Å². The maximum absolute atomic E-state index is 14.6. The number of morpholine rings is 1. The number of nitrogens with zero attached hydrogens (tertiary/aromatic N) is 3. The minimum atomic E-state index is -1.17. The highest BCUT2D eigenvalue weighted by Crippen LogP contribution is 2.59. The van der Waals surface area contributed by atoms with Gasteiger partial charge < -0.3 is 29.1 Å². The number of amides is 2. The van der Waals surface area contributed by atoms with E-state index in [1.165, 1.54) is 11.0 Å². The Labute approximate surface area is 241 Å². The number of aliphatic hydroxyl groups excluding tert-OH is 1. The van der Waals surface area contributed by atoms with Gasteiger partial charge in [-0.1, -0.05) is 49.1 Å². The molecular formula is C31H41N3O7. The summed E-state index contributed by atoms with van der Waals surface area (Å²) in [7, 11) is 0. The molecule has 0 aliphatic carbocycles. The summed E-state index contributed by atoms with van der Waals surface area (Å²) in [4.78, 5) is 47.6. The SMILES string of the molecule is C=CCOC(=O)[C@@H]1[C@H]2C(=O)N([C@@H](CO)Cc3ccccc3)C(C(=O)N(CC=C)CCN3CCOCC3)C23CC[C@H]1O3. The standard InChI is InChI=1S/C31H41N3O7/c1-3-12-33(14-13-32-15-18-39-19-16-32)29(37)27-31-11-10-24(41-31)25(30(38)40-17-4-2)26(31)28(36)34(27)23(21-35)20-22-8-6-5-7-9-22/h3-9,23-27,35H,1-2,10-21H2/t23-,24-,25+,26+,27?,31?/m1/s1. The van der Waals surface area contributed by atoms with Crippen LogP contribution in [0.4, 0.5) is 0 Å². The zero-order chi connectivity index (χ0) is 29.0. The van der Waals surface area contributed by atoms with Crippen molar-refractivity contribution in [1.29, 1.82) is 0 Å². The van der Waals surface area contributed by atoms with Crippen molar-refractivity contribution in [3.8, 4) is 0 Å². The van der Waals surface area contributed by atoms with Crippen molar-refractivity contribution in [1.82, 2.24) is 14.7 Å². The fourth-order valence-corrected chi connectivity index (χ4v) is 7.11. The number of rotatable bonds is 13. The van der Waals surface area contributed by atoms with Crippen molar-refractivity contribution in [2.75, 3.05) is 59.2 Å². The molecule has 10 nitrogen and oxygen atoms in total. The largest absolute Gasteiger partial charge is 0.461 e.